The summed E-state index contributed by atoms with van der Waals surface area (Å²) in [4.78, 5) is 19.0. The fraction of sp³-hybridized carbons (Fsp3) is 0.0417. The third kappa shape index (κ3) is 4.85. The third-order valence-electron chi connectivity index (χ3n) is 4.75. The number of carboxylic acids is 1. The Balaban J connectivity index is 1.72. The number of methoxy groups -OCH3 is 1. The summed E-state index contributed by atoms with van der Waals surface area (Å²) in [7, 11) is -2.52. The highest BCUT2D eigenvalue weighted by Crippen LogP contribution is 2.31. The van der Waals surface area contributed by atoms with Crippen LogP contribution in [0.25, 0.3) is 10.9 Å². The maximum absolute atomic E-state index is 13.3. The number of fused-ring (bicyclic) bond motifs is 1. The number of nitrogens with zero attached hydrogens (tertiary/aromatic N) is 2. The number of hydrogen-bond donors (Lipinski definition) is 2. The summed E-state index contributed by atoms with van der Waals surface area (Å²) in [5, 5.41) is 9.54. The van der Waals surface area contributed by atoms with E-state index in [2.05, 4.69) is 42.5 Å². The van der Waals surface area contributed by atoms with Crippen LogP contribution in [0.15, 0.2) is 76.4 Å². The third-order valence-corrected chi connectivity index (χ3v) is 6.64. The molecule has 4 rings (SSSR count). The maximum Gasteiger partial charge on any atom is 0.354 e. The zero-order valence-electron chi connectivity index (χ0n) is 17.6. The van der Waals surface area contributed by atoms with Crippen molar-refractivity contribution in [3.8, 4) is 17.6 Å². The van der Waals surface area contributed by atoms with Gasteiger partial charge in [0.1, 0.15) is 16.3 Å². The van der Waals surface area contributed by atoms with Crippen LogP contribution in [0.5, 0.6) is 5.75 Å². The van der Waals surface area contributed by atoms with Gasteiger partial charge in [0.15, 0.2) is 0 Å². The summed E-state index contributed by atoms with van der Waals surface area (Å²) in [6.07, 6.45) is 2.86. The predicted octanol–water partition coefficient (Wildman–Crippen LogP) is 4.30. The Morgan fingerprint density at radius 3 is 2.62 bits per heavy atom. The van der Waals surface area contributed by atoms with Crippen molar-refractivity contribution in [3.05, 3.63) is 88.3 Å². The summed E-state index contributed by atoms with van der Waals surface area (Å²) in [6.45, 7) is 0. The van der Waals surface area contributed by atoms with Crippen LogP contribution in [-0.2, 0) is 10.0 Å². The molecule has 0 atom stereocenters. The van der Waals surface area contributed by atoms with Gasteiger partial charge in [-0.05, 0) is 54.6 Å². The van der Waals surface area contributed by atoms with Crippen molar-refractivity contribution in [2.75, 3.05) is 11.8 Å². The van der Waals surface area contributed by atoms with Crippen LogP contribution >= 0.6 is 15.9 Å². The smallest absolute Gasteiger partial charge is 0.354 e. The number of rotatable bonds is 5. The van der Waals surface area contributed by atoms with Gasteiger partial charge in [-0.25, -0.2) is 18.2 Å². The first-order valence-electron chi connectivity index (χ1n) is 9.74. The second kappa shape index (κ2) is 9.51. The number of anilines is 1. The summed E-state index contributed by atoms with van der Waals surface area (Å²) < 4.78 is 35.2. The molecule has 0 amide bonds. The van der Waals surface area contributed by atoms with E-state index < -0.39 is 16.0 Å². The Morgan fingerprint density at radius 2 is 1.91 bits per heavy atom. The van der Waals surface area contributed by atoms with Gasteiger partial charge in [-0.15, -0.1) is 0 Å². The first-order valence-corrected chi connectivity index (χ1v) is 12.0. The average Bonchev–Trinajstić information content (AvgIpc) is 2.83. The summed E-state index contributed by atoms with van der Waals surface area (Å²) >= 11 is 3.37. The minimum atomic E-state index is -4.03. The lowest BCUT2D eigenvalue weighted by molar-refractivity contribution is 0.0690. The Hall–Kier alpha value is -3.94. The molecular formula is C24H16BrN3O5S. The standard InChI is InChI=1S/C24H16BrN3O5S/c1-33-21-10-11-22(23-18(21)3-2-12-26-23)34(31,32)28-19-9-7-17(25)13-16(19)6-4-15-5-8-20(24(29)30)27-14-15/h2-3,5,7-14,28H,1H3,(H,29,30). The van der Waals surface area contributed by atoms with E-state index in [1.807, 2.05) is 0 Å². The predicted molar refractivity (Wildman–Crippen MR) is 130 cm³/mol. The van der Waals surface area contributed by atoms with Gasteiger partial charge in [-0.3, -0.25) is 9.71 Å². The Bertz CT molecular complexity index is 1580. The average molecular weight is 538 g/mol. The number of carboxylic acid groups (broad SMARTS) is 1. The quantitative estimate of drug-likeness (QED) is 0.364. The molecule has 170 valence electrons. The van der Waals surface area contributed by atoms with E-state index in [-0.39, 0.29) is 21.8 Å². The van der Waals surface area contributed by atoms with Crippen molar-refractivity contribution >= 4 is 48.5 Å². The number of ether oxygens (including phenoxy) is 1. The van der Waals surface area contributed by atoms with Gasteiger partial charge < -0.3 is 9.84 Å². The molecule has 4 aromatic rings. The van der Waals surface area contributed by atoms with E-state index in [9.17, 15) is 13.2 Å². The number of benzene rings is 2. The molecule has 0 saturated carbocycles. The van der Waals surface area contributed by atoms with Crippen LogP contribution < -0.4 is 9.46 Å². The van der Waals surface area contributed by atoms with Crippen molar-refractivity contribution in [3.63, 3.8) is 0 Å². The SMILES string of the molecule is COc1ccc(S(=O)(=O)Nc2ccc(Br)cc2C#Cc2ccc(C(=O)O)nc2)c2ncccc12. The molecule has 0 spiro atoms. The van der Waals surface area contributed by atoms with Crippen molar-refractivity contribution < 1.29 is 23.1 Å². The van der Waals surface area contributed by atoms with Gasteiger partial charge >= 0.3 is 5.97 Å². The molecule has 0 unspecified atom stereocenters. The van der Waals surface area contributed by atoms with Crippen LogP contribution in [0.4, 0.5) is 5.69 Å². The Morgan fingerprint density at radius 1 is 1.09 bits per heavy atom. The lowest BCUT2D eigenvalue weighted by atomic mass is 10.1. The van der Waals surface area contributed by atoms with Crippen LogP contribution in [0.1, 0.15) is 21.6 Å². The van der Waals surface area contributed by atoms with E-state index in [0.29, 0.717) is 26.7 Å². The number of aromatic nitrogens is 2. The summed E-state index contributed by atoms with van der Waals surface area (Å²) in [6, 6.07) is 14.3. The highest BCUT2D eigenvalue weighted by atomic mass is 79.9. The van der Waals surface area contributed by atoms with E-state index >= 15 is 0 Å². The zero-order valence-corrected chi connectivity index (χ0v) is 20.0. The first-order chi connectivity index (χ1) is 16.3. The lowest BCUT2D eigenvalue weighted by Gasteiger charge is -2.13. The number of nitrogens with one attached hydrogen (secondary N) is 1. The molecule has 0 fully saturated rings. The van der Waals surface area contributed by atoms with Crippen LogP contribution in [0.3, 0.4) is 0 Å². The van der Waals surface area contributed by atoms with Crippen molar-refractivity contribution in [2.45, 2.75) is 4.90 Å². The molecule has 10 heteroatoms. The number of aromatic carboxylic acids is 1. The number of sulfonamides is 1. The Kier molecular flexibility index (Phi) is 6.49. The van der Waals surface area contributed by atoms with Crippen molar-refractivity contribution in [1.82, 2.24) is 9.97 Å². The molecule has 2 heterocycles. The topological polar surface area (TPSA) is 118 Å². The van der Waals surface area contributed by atoms with E-state index in [1.165, 1.54) is 37.7 Å². The van der Waals surface area contributed by atoms with Gasteiger partial charge in [0.25, 0.3) is 10.0 Å². The summed E-state index contributed by atoms with van der Waals surface area (Å²) in [5.41, 5.74) is 1.34. The van der Waals surface area contributed by atoms with Gasteiger partial charge in [-0.1, -0.05) is 27.8 Å². The normalized spacial score (nSPS) is 10.9. The number of halogens is 1. The van der Waals surface area contributed by atoms with E-state index in [1.54, 1.807) is 36.4 Å². The van der Waals surface area contributed by atoms with Gasteiger partial charge in [0.2, 0.25) is 0 Å². The lowest BCUT2D eigenvalue weighted by Crippen LogP contribution is -2.15. The molecule has 34 heavy (non-hydrogen) atoms. The molecule has 8 nitrogen and oxygen atoms in total. The highest BCUT2D eigenvalue weighted by molar-refractivity contribution is 9.10. The molecule has 0 aliphatic rings. The second-order valence-corrected chi connectivity index (χ2v) is 9.51. The summed E-state index contributed by atoms with van der Waals surface area (Å²) in [5.74, 6) is 5.17. The zero-order chi connectivity index (χ0) is 24.3. The van der Waals surface area contributed by atoms with Gasteiger partial charge in [0, 0.05) is 27.8 Å². The van der Waals surface area contributed by atoms with E-state index in [4.69, 9.17) is 9.84 Å². The molecular weight excluding hydrogens is 522 g/mol. The molecule has 0 aliphatic carbocycles. The molecule has 0 radical (unpaired) electrons. The van der Waals surface area contributed by atoms with Crippen LogP contribution in [0.2, 0.25) is 0 Å². The fourth-order valence-electron chi connectivity index (χ4n) is 3.16. The minimum absolute atomic E-state index is 0.000752. The largest absolute Gasteiger partial charge is 0.496 e. The fourth-order valence-corrected chi connectivity index (χ4v) is 4.76. The van der Waals surface area contributed by atoms with E-state index in [0.717, 1.165) is 0 Å². The van der Waals surface area contributed by atoms with Gasteiger partial charge in [-0.2, -0.15) is 0 Å². The van der Waals surface area contributed by atoms with Crippen LogP contribution in [-0.4, -0.2) is 36.6 Å². The highest BCUT2D eigenvalue weighted by Gasteiger charge is 2.21. The maximum atomic E-state index is 13.3. The molecule has 2 N–H and O–H groups in total. The van der Waals surface area contributed by atoms with Crippen LogP contribution in [0, 0.1) is 11.8 Å². The van der Waals surface area contributed by atoms with Gasteiger partial charge in [0.05, 0.1) is 23.9 Å². The minimum Gasteiger partial charge on any atom is -0.496 e. The molecule has 2 aromatic heterocycles. The Labute approximate surface area is 203 Å². The van der Waals surface area contributed by atoms with Crippen molar-refractivity contribution in [2.24, 2.45) is 0 Å². The number of carbonyl (C=O) groups is 1. The van der Waals surface area contributed by atoms with Crippen molar-refractivity contribution in [1.29, 1.82) is 0 Å². The molecule has 0 saturated heterocycles. The molecule has 0 bridgehead atoms. The monoisotopic (exact) mass is 537 g/mol. The number of pyridine rings is 2. The molecule has 2 aromatic carbocycles. The molecule has 0 aliphatic heterocycles. The second-order valence-electron chi connectivity index (χ2n) is 6.95. The first kappa shape index (κ1) is 23.2. The number of hydrogen-bond acceptors (Lipinski definition) is 6.